The first-order valence-corrected chi connectivity index (χ1v) is 12.6. The summed E-state index contributed by atoms with van der Waals surface area (Å²) in [6.45, 7) is 7.02. The van der Waals surface area contributed by atoms with Gasteiger partial charge in [-0.2, -0.15) is 0 Å². The summed E-state index contributed by atoms with van der Waals surface area (Å²) >= 11 is 3.53. The molecule has 0 radical (unpaired) electrons. The lowest BCUT2D eigenvalue weighted by atomic mass is 9.99. The van der Waals surface area contributed by atoms with Gasteiger partial charge in [0.2, 0.25) is 11.8 Å². The summed E-state index contributed by atoms with van der Waals surface area (Å²) in [5.41, 5.74) is 5.20. The van der Waals surface area contributed by atoms with Gasteiger partial charge < -0.3 is 10.2 Å². The van der Waals surface area contributed by atoms with Crippen molar-refractivity contribution in [3.8, 4) is 0 Å². The molecule has 3 aromatic carbocycles. The Balaban J connectivity index is 1.98. The van der Waals surface area contributed by atoms with Gasteiger partial charge in [-0.05, 0) is 54.7 Å². The van der Waals surface area contributed by atoms with Gasteiger partial charge in [0, 0.05) is 24.0 Å². The van der Waals surface area contributed by atoms with E-state index in [1.54, 1.807) is 4.90 Å². The minimum atomic E-state index is -0.606. The standard InChI is InChI=1S/C29H33BrN2O2/c1-4-15-31-29(34)27(18-23-9-6-5-7-10-23)32(20-24-11-8-12-26(30)17-24)28(33)19-25-16-21(2)13-14-22(25)3/h5-14,16-17,27H,4,15,18-20H2,1-3H3,(H,31,34)/t27-/m1/s1. The zero-order valence-corrected chi connectivity index (χ0v) is 21.8. The molecule has 0 heterocycles. The summed E-state index contributed by atoms with van der Waals surface area (Å²) in [5.74, 6) is -0.170. The maximum atomic E-state index is 13.8. The van der Waals surface area contributed by atoms with Gasteiger partial charge in [-0.15, -0.1) is 0 Å². The third-order valence-electron chi connectivity index (χ3n) is 5.91. The lowest BCUT2D eigenvalue weighted by molar-refractivity contribution is -0.140. The molecule has 0 fully saturated rings. The highest BCUT2D eigenvalue weighted by molar-refractivity contribution is 9.10. The van der Waals surface area contributed by atoms with Gasteiger partial charge in [0.05, 0.1) is 6.42 Å². The number of amides is 2. The van der Waals surface area contributed by atoms with Gasteiger partial charge in [-0.25, -0.2) is 0 Å². The van der Waals surface area contributed by atoms with Crippen LogP contribution in [0.3, 0.4) is 0 Å². The minimum absolute atomic E-state index is 0.0544. The van der Waals surface area contributed by atoms with Gasteiger partial charge in [-0.3, -0.25) is 9.59 Å². The van der Waals surface area contributed by atoms with Crippen LogP contribution in [0.25, 0.3) is 0 Å². The van der Waals surface area contributed by atoms with E-state index in [4.69, 9.17) is 0 Å². The molecule has 0 saturated carbocycles. The van der Waals surface area contributed by atoms with E-state index in [1.807, 2.05) is 81.4 Å². The number of rotatable bonds is 10. The van der Waals surface area contributed by atoms with Crippen LogP contribution in [0.1, 0.15) is 41.2 Å². The molecule has 0 saturated heterocycles. The predicted molar refractivity (Wildman–Crippen MR) is 142 cm³/mol. The highest BCUT2D eigenvalue weighted by Crippen LogP contribution is 2.20. The zero-order valence-electron chi connectivity index (χ0n) is 20.2. The maximum absolute atomic E-state index is 13.8. The van der Waals surface area contributed by atoms with E-state index in [0.29, 0.717) is 19.5 Å². The molecule has 0 aliphatic heterocycles. The number of aryl methyl sites for hydroxylation is 2. The summed E-state index contributed by atoms with van der Waals surface area (Å²) in [5, 5.41) is 3.03. The van der Waals surface area contributed by atoms with Crippen molar-refractivity contribution in [2.24, 2.45) is 0 Å². The van der Waals surface area contributed by atoms with Crippen molar-refractivity contribution in [2.75, 3.05) is 6.54 Å². The molecule has 2 amide bonds. The Kier molecular flexibility index (Phi) is 9.46. The van der Waals surface area contributed by atoms with Crippen LogP contribution in [-0.4, -0.2) is 29.3 Å². The second-order valence-electron chi connectivity index (χ2n) is 8.75. The summed E-state index contributed by atoms with van der Waals surface area (Å²) in [7, 11) is 0. The number of carbonyl (C=O) groups excluding carboxylic acids is 2. The summed E-state index contributed by atoms with van der Waals surface area (Å²) in [4.78, 5) is 28.9. The first-order chi connectivity index (χ1) is 16.4. The van der Waals surface area contributed by atoms with Crippen LogP contribution < -0.4 is 5.32 Å². The molecule has 3 aromatic rings. The highest BCUT2D eigenvalue weighted by atomic mass is 79.9. The molecule has 4 nitrogen and oxygen atoms in total. The van der Waals surface area contributed by atoms with Gasteiger partial charge in [0.25, 0.3) is 0 Å². The molecule has 178 valence electrons. The molecule has 3 rings (SSSR count). The Morgan fingerprint density at radius 3 is 2.38 bits per heavy atom. The average molecular weight is 521 g/mol. The molecule has 0 spiro atoms. The van der Waals surface area contributed by atoms with Crippen LogP contribution in [0.2, 0.25) is 0 Å². The third kappa shape index (κ3) is 7.29. The molecule has 1 atom stereocenters. The fraction of sp³-hybridized carbons (Fsp3) is 0.310. The summed E-state index contributed by atoms with van der Waals surface area (Å²) in [6.07, 6.45) is 1.56. The van der Waals surface area contributed by atoms with Gasteiger partial charge in [0.1, 0.15) is 6.04 Å². The molecule has 1 N–H and O–H groups in total. The molecular formula is C29H33BrN2O2. The number of benzene rings is 3. The van der Waals surface area contributed by atoms with E-state index in [0.717, 1.165) is 38.7 Å². The van der Waals surface area contributed by atoms with Crippen LogP contribution in [0.15, 0.2) is 77.3 Å². The lowest BCUT2D eigenvalue weighted by Crippen LogP contribution is -2.51. The number of carbonyl (C=O) groups is 2. The van der Waals surface area contributed by atoms with Crippen molar-refractivity contribution < 1.29 is 9.59 Å². The monoisotopic (exact) mass is 520 g/mol. The topological polar surface area (TPSA) is 49.4 Å². The molecular weight excluding hydrogens is 488 g/mol. The van der Waals surface area contributed by atoms with E-state index in [-0.39, 0.29) is 18.2 Å². The van der Waals surface area contributed by atoms with E-state index >= 15 is 0 Å². The molecule has 5 heteroatoms. The van der Waals surface area contributed by atoms with Gasteiger partial charge >= 0.3 is 0 Å². The molecule has 0 aliphatic rings. The Morgan fingerprint density at radius 2 is 1.68 bits per heavy atom. The van der Waals surface area contributed by atoms with E-state index in [9.17, 15) is 9.59 Å². The van der Waals surface area contributed by atoms with Crippen molar-refractivity contribution in [2.45, 2.75) is 52.6 Å². The zero-order chi connectivity index (χ0) is 24.5. The van der Waals surface area contributed by atoms with E-state index in [1.165, 1.54) is 0 Å². The Morgan fingerprint density at radius 1 is 0.941 bits per heavy atom. The third-order valence-corrected chi connectivity index (χ3v) is 6.40. The van der Waals surface area contributed by atoms with Gasteiger partial charge in [-0.1, -0.05) is 89.1 Å². The lowest BCUT2D eigenvalue weighted by Gasteiger charge is -2.32. The second kappa shape index (κ2) is 12.5. The molecule has 0 unspecified atom stereocenters. The summed E-state index contributed by atoms with van der Waals surface area (Å²) < 4.78 is 0.946. The quantitative estimate of drug-likeness (QED) is 0.368. The highest BCUT2D eigenvalue weighted by Gasteiger charge is 2.30. The van der Waals surface area contributed by atoms with Crippen LogP contribution >= 0.6 is 15.9 Å². The van der Waals surface area contributed by atoms with Crippen molar-refractivity contribution in [1.82, 2.24) is 10.2 Å². The molecule has 0 aromatic heterocycles. The smallest absolute Gasteiger partial charge is 0.243 e. The van der Waals surface area contributed by atoms with Crippen LogP contribution in [0, 0.1) is 13.8 Å². The largest absolute Gasteiger partial charge is 0.354 e. The van der Waals surface area contributed by atoms with Crippen molar-refractivity contribution in [3.05, 3.63) is 105 Å². The number of nitrogens with zero attached hydrogens (tertiary/aromatic N) is 1. The van der Waals surface area contributed by atoms with E-state index in [2.05, 4.69) is 33.4 Å². The Labute approximate surface area is 211 Å². The van der Waals surface area contributed by atoms with Gasteiger partial charge in [0.15, 0.2) is 0 Å². The number of halogens is 1. The summed E-state index contributed by atoms with van der Waals surface area (Å²) in [6, 6.07) is 23.4. The van der Waals surface area contributed by atoms with Crippen LogP contribution in [0.5, 0.6) is 0 Å². The fourth-order valence-corrected chi connectivity index (χ4v) is 4.45. The first-order valence-electron chi connectivity index (χ1n) is 11.8. The van der Waals surface area contributed by atoms with E-state index < -0.39 is 6.04 Å². The number of nitrogens with one attached hydrogen (secondary N) is 1. The van der Waals surface area contributed by atoms with Crippen LogP contribution in [0.4, 0.5) is 0 Å². The van der Waals surface area contributed by atoms with Crippen molar-refractivity contribution in [1.29, 1.82) is 0 Å². The van der Waals surface area contributed by atoms with Crippen molar-refractivity contribution in [3.63, 3.8) is 0 Å². The molecule has 34 heavy (non-hydrogen) atoms. The average Bonchev–Trinajstić information content (AvgIpc) is 2.82. The Bertz CT molecular complexity index is 1110. The minimum Gasteiger partial charge on any atom is -0.354 e. The Hall–Kier alpha value is -2.92. The second-order valence-corrected chi connectivity index (χ2v) is 9.67. The normalized spacial score (nSPS) is 11.6. The maximum Gasteiger partial charge on any atom is 0.243 e. The SMILES string of the molecule is CCCNC(=O)[C@@H](Cc1ccccc1)N(Cc1cccc(Br)c1)C(=O)Cc1cc(C)ccc1C. The first kappa shape index (κ1) is 25.7. The number of hydrogen-bond donors (Lipinski definition) is 1. The predicted octanol–water partition coefficient (Wildman–Crippen LogP) is 5.77. The fourth-order valence-electron chi connectivity index (χ4n) is 4.01. The molecule has 0 aliphatic carbocycles. The molecule has 0 bridgehead atoms. The number of hydrogen-bond acceptors (Lipinski definition) is 2. The van der Waals surface area contributed by atoms with Crippen molar-refractivity contribution >= 4 is 27.7 Å². The van der Waals surface area contributed by atoms with Crippen LogP contribution in [-0.2, 0) is 29.0 Å².